The number of nitrogens with two attached hydrogens (primary N) is 1. The molecular formula is C17H19N2O3+. The topological polar surface area (TPSA) is 75.5 Å². The van der Waals surface area contributed by atoms with Gasteiger partial charge in [-0.1, -0.05) is 35.5 Å². The average Bonchev–Trinajstić information content (AvgIpc) is 2.58. The minimum atomic E-state index is -0.361. The number of nitrogens with one attached hydrogen (secondary N) is 1. The van der Waals surface area contributed by atoms with Gasteiger partial charge in [-0.15, -0.1) is 0 Å². The molecule has 0 saturated heterocycles. The Morgan fingerprint density at radius 1 is 1.09 bits per heavy atom. The molecule has 3 N–H and O–H groups in total. The molecule has 114 valence electrons. The maximum Gasteiger partial charge on any atom is 0.357 e. The number of hydrogen-bond donors (Lipinski definition) is 2. The largest absolute Gasteiger partial charge is 0.497 e. The van der Waals surface area contributed by atoms with E-state index in [1.165, 1.54) is 0 Å². The van der Waals surface area contributed by atoms with Gasteiger partial charge in [-0.3, -0.25) is 10.6 Å². The highest BCUT2D eigenvalue weighted by molar-refractivity contribution is 5.93. The Labute approximate surface area is 129 Å². The van der Waals surface area contributed by atoms with Crippen LogP contribution in [0.2, 0.25) is 0 Å². The van der Waals surface area contributed by atoms with Crippen LogP contribution >= 0.6 is 0 Å². The molecule has 2 aromatic carbocycles. The fourth-order valence-electron chi connectivity index (χ4n) is 1.88. The first-order chi connectivity index (χ1) is 10.7. The Bertz CT molecular complexity index is 637. The molecule has 0 fully saturated rings. The summed E-state index contributed by atoms with van der Waals surface area (Å²) in [7, 11) is 1.59. The van der Waals surface area contributed by atoms with E-state index in [1.54, 1.807) is 31.4 Å². The van der Waals surface area contributed by atoms with Crippen molar-refractivity contribution in [1.82, 2.24) is 0 Å². The molecule has 0 heterocycles. The van der Waals surface area contributed by atoms with Crippen molar-refractivity contribution in [3.63, 3.8) is 0 Å². The first-order valence-electron chi connectivity index (χ1n) is 6.95. The number of carbonyl (C=O) groups excluding carboxylic acids is 1. The van der Waals surface area contributed by atoms with Gasteiger partial charge in [-0.25, -0.2) is 4.79 Å². The molecule has 0 aliphatic rings. The van der Waals surface area contributed by atoms with E-state index in [1.807, 2.05) is 30.3 Å². The lowest BCUT2D eigenvalue weighted by Crippen LogP contribution is -2.75. The second-order valence-corrected chi connectivity index (χ2v) is 4.70. The monoisotopic (exact) mass is 299 g/mol. The molecular weight excluding hydrogens is 280 g/mol. The van der Waals surface area contributed by atoms with E-state index in [2.05, 4.69) is 5.16 Å². The van der Waals surface area contributed by atoms with E-state index in [0.717, 1.165) is 16.9 Å². The molecule has 5 nitrogen and oxygen atoms in total. The second kappa shape index (κ2) is 7.83. The van der Waals surface area contributed by atoms with Crippen molar-refractivity contribution >= 4 is 11.8 Å². The van der Waals surface area contributed by atoms with Gasteiger partial charge in [0.25, 0.3) is 0 Å². The number of hydrogen-bond acceptors (Lipinski definition) is 3. The van der Waals surface area contributed by atoms with Gasteiger partial charge in [-0.05, 0) is 36.2 Å². The number of methoxy groups -OCH3 is 1. The smallest absolute Gasteiger partial charge is 0.357 e. The molecule has 5 heteroatoms. The van der Waals surface area contributed by atoms with Crippen LogP contribution in [0.5, 0.6) is 5.75 Å². The van der Waals surface area contributed by atoms with Crippen LogP contribution in [-0.2, 0) is 16.1 Å². The van der Waals surface area contributed by atoms with Gasteiger partial charge in [0.1, 0.15) is 5.75 Å². The molecule has 0 saturated carbocycles. The third-order valence-electron chi connectivity index (χ3n) is 3.14. The third kappa shape index (κ3) is 4.63. The zero-order chi connectivity index (χ0) is 15.8. The van der Waals surface area contributed by atoms with Gasteiger partial charge in [0, 0.05) is 0 Å². The van der Waals surface area contributed by atoms with E-state index >= 15 is 0 Å². The highest BCUT2D eigenvalue weighted by Crippen LogP contribution is 2.09. The van der Waals surface area contributed by atoms with Crippen LogP contribution in [0.15, 0.2) is 54.6 Å². The molecule has 0 radical (unpaired) electrons. The second-order valence-electron chi connectivity index (χ2n) is 4.70. The number of amidine groups is 1. The van der Waals surface area contributed by atoms with Gasteiger partial charge in [0.2, 0.25) is 0 Å². The lowest BCUT2D eigenvalue weighted by Gasteiger charge is -2.00. The summed E-state index contributed by atoms with van der Waals surface area (Å²) >= 11 is 0. The lowest BCUT2D eigenvalue weighted by molar-refractivity contribution is -0.724. The van der Waals surface area contributed by atoms with Crippen molar-refractivity contribution < 1.29 is 19.5 Å². The summed E-state index contributed by atoms with van der Waals surface area (Å²) in [4.78, 5) is 16.6. The van der Waals surface area contributed by atoms with E-state index in [0.29, 0.717) is 6.42 Å². The van der Waals surface area contributed by atoms with Gasteiger partial charge in [0.15, 0.2) is 0 Å². The summed E-state index contributed by atoms with van der Waals surface area (Å²) < 4.78 is 5.07. The summed E-state index contributed by atoms with van der Waals surface area (Å²) in [5.74, 6) is 0.646. The normalized spacial score (nSPS) is 11.0. The van der Waals surface area contributed by atoms with E-state index < -0.39 is 0 Å². The first-order valence-corrected chi connectivity index (χ1v) is 6.95. The SMILES string of the molecule is COc1ccc(C(N)=[NH+]OC(=O)CCc2ccccc2)cc1. The quantitative estimate of drug-likeness (QED) is 0.354. The molecule has 0 bridgehead atoms. The third-order valence-corrected chi connectivity index (χ3v) is 3.14. The van der Waals surface area contributed by atoms with E-state index in [9.17, 15) is 4.79 Å². The predicted molar refractivity (Wildman–Crippen MR) is 83.1 cm³/mol. The van der Waals surface area contributed by atoms with Crippen molar-refractivity contribution in [3.05, 3.63) is 65.7 Å². The predicted octanol–water partition coefficient (Wildman–Crippen LogP) is 0.572. The lowest BCUT2D eigenvalue weighted by atomic mass is 10.1. The Morgan fingerprint density at radius 3 is 2.41 bits per heavy atom. The average molecular weight is 299 g/mol. The number of nitrogen functional groups attached to an aromatic ring is 1. The van der Waals surface area contributed by atoms with Crippen LogP contribution in [0.25, 0.3) is 0 Å². The maximum absolute atomic E-state index is 11.7. The molecule has 0 aliphatic heterocycles. The zero-order valence-electron chi connectivity index (χ0n) is 12.4. The molecule has 2 rings (SSSR count). The number of ether oxygens (including phenoxy) is 1. The highest BCUT2D eigenvalue weighted by atomic mass is 16.7. The Hall–Kier alpha value is -2.82. The summed E-state index contributed by atoms with van der Waals surface area (Å²) in [5.41, 5.74) is 7.64. The zero-order valence-corrected chi connectivity index (χ0v) is 12.4. The van der Waals surface area contributed by atoms with E-state index in [-0.39, 0.29) is 18.2 Å². The minimum Gasteiger partial charge on any atom is -0.497 e. The fourth-order valence-corrected chi connectivity index (χ4v) is 1.88. The first kappa shape index (κ1) is 15.6. The van der Waals surface area contributed by atoms with Crippen molar-refractivity contribution in [2.24, 2.45) is 5.73 Å². The van der Waals surface area contributed by atoms with Crippen molar-refractivity contribution in [1.29, 1.82) is 0 Å². The van der Waals surface area contributed by atoms with Crippen LogP contribution in [0.3, 0.4) is 0 Å². The molecule has 2 aromatic rings. The maximum atomic E-state index is 11.7. The van der Waals surface area contributed by atoms with Crippen LogP contribution in [0.4, 0.5) is 0 Å². The summed E-state index contributed by atoms with van der Waals surface area (Å²) in [5, 5.41) is 2.48. The molecule has 0 atom stereocenters. The molecule has 0 unspecified atom stereocenters. The van der Waals surface area contributed by atoms with Gasteiger partial charge < -0.3 is 4.74 Å². The summed E-state index contributed by atoms with van der Waals surface area (Å²) in [6, 6.07) is 16.9. The Kier molecular flexibility index (Phi) is 5.54. The minimum absolute atomic E-state index is 0.274. The summed E-state index contributed by atoms with van der Waals surface area (Å²) in [6.07, 6.45) is 0.913. The van der Waals surface area contributed by atoms with Crippen LogP contribution in [-0.4, -0.2) is 18.9 Å². The Balaban J connectivity index is 1.85. The van der Waals surface area contributed by atoms with E-state index in [4.69, 9.17) is 15.3 Å². The molecule has 22 heavy (non-hydrogen) atoms. The highest BCUT2D eigenvalue weighted by Gasteiger charge is 2.08. The molecule has 0 spiro atoms. The Morgan fingerprint density at radius 2 is 1.77 bits per heavy atom. The van der Waals surface area contributed by atoms with Crippen LogP contribution in [0, 0.1) is 0 Å². The van der Waals surface area contributed by atoms with Crippen LogP contribution in [0.1, 0.15) is 17.5 Å². The standard InChI is InChI=1S/C17H18N2O3/c1-21-15-10-8-14(9-11-15)17(18)19-22-16(20)12-7-13-5-3-2-4-6-13/h2-6,8-11H,7,12H2,1H3,(H2,18,19)/p+1. The van der Waals surface area contributed by atoms with Crippen molar-refractivity contribution in [3.8, 4) is 5.75 Å². The van der Waals surface area contributed by atoms with Crippen molar-refractivity contribution in [2.75, 3.05) is 7.11 Å². The number of rotatable bonds is 6. The van der Waals surface area contributed by atoms with Gasteiger partial charge >= 0.3 is 11.8 Å². The van der Waals surface area contributed by atoms with Gasteiger partial charge in [-0.2, -0.15) is 0 Å². The molecule has 0 aliphatic carbocycles. The van der Waals surface area contributed by atoms with Crippen molar-refractivity contribution in [2.45, 2.75) is 12.8 Å². The van der Waals surface area contributed by atoms with Gasteiger partial charge in [0.05, 0.1) is 19.1 Å². The summed E-state index contributed by atoms with van der Waals surface area (Å²) in [6.45, 7) is 0. The van der Waals surface area contributed by atoms with Crippen LogP contribution < -0.4 is 15.6 Å². The number of aryl methyl sites for hydroxylation is 1. The molecule has 0 amide bonds. The number of carbonyl (C=O) groups is 1. The number of benzene rings is 2. The fraction of sp³-hybridized carbons (Fsp3) is 0.176. The molecule has 0 aromatic heterocycles.